The number of ether oxygens (including phenoxy) is 1. The Labute approximate surface area is 163 Å². The van der Waals surface area contributed by atoms with Gasteiger partial charge in [0, 0.05) is 24.5 Å². The Morgan fingerprint density at radius 1 is 1.04 bits per heavy atom. The maximum absolute atomic E-state index is 10.7. The Bertz CT molecular complexity index is 874. The zero-order valence-corrected chi connectivity index (χ0v) is 15.6. The molecule has 1 saturated heterocycles. The molecule has 0 spiro atoms. The van der Waals surface area contributed by atoms with Gasteiger partial charge in [-0.25, -0.2) is 4.98 Å². The largest absolute Gasteiger partial charge is 0.422 e. The summed E-state index contributed by atoms with van der Waals surface area (Å²) in [5.74, 6) is 1.01. The molecule has 1 fully saturated rings. The predicted octanol–water partition coefficient (Wildman–Crippen LogP) is 3.84. The summed E-state index contributed by atoms with van der Waals surface area (Å²) >= 11 is 5.94. The molecule has 0 aliphatic carbocycles. The smallest absolute Gasteiger partial charge is 0.230 e. The highest BCUT2D eigenvalue weighted by Crippen LogP contribution is 2.31. The number of halogens is 1. The predicted molar refractivity (Wildman–Crippen MR) is 104 cm³/mol. The number of rotatable bonds is 5. The molecule has 0 saturated carbocycles. The van der Waals surface area contributed by atoms with Gasteiger partial charge in [-0.05, 0) is 23.3 Å². The average molecular weight is 385 g/mol. The van der Waals surface area contributed by atoms with Gasteiger partial charge in [0.05, 0.1) is 13.2 Å². The minimum atomic E-state index is -0.938. The van der Waals surface area contributed by atoms with E-state index >= 15 is 0 Å². The van der Waals surface area contributed by atoms with Crippen LogP contribution in [0.1, 0.15) is 28.8 Å². The van der Waals surface area contributed by atoms with E-state index in [4.69, 9.17) is 20.8 Å². The molecule has 0 unspecified atom stereocenters. The van der Waals surface area contributed by atoms with Gasteiger partial charge in [0.15, 0.2) is 6.10 Å². The highest BCUT2D eigenvalue weighted by Gasteiger charge is 2.25. The number of aromatic nitrogens is 1. The molecule has 4 rings (SSSR count). The summed E-state index contributed by atoms with van der Waals surface area (Å²) in [7, 11) is 0. The van der Waals surface area contributed by atoms with E-state index in [1.807, 2.05) is 18.2 Å². The molecule has 1 atom stereocenters. The molecule has 0 amide bonds. The second-order valence-corrected chi connectivity index (χ2v) is 6.96. The molecule has 2 aromatic carbocycles. The van der Waals surface area contributed by atoms with Crippen molar-refractivity contribution in [3.63, 3.8) is 0 Å². The molecule has 0 bridgehead atoms. The first-order valence-corrected chi connectivity index (χ1v) is 9.38. The van der Waals surface area contributed by atoms with Crippen LogP contribution in [0.25, 0.3) is 0 Å². The fraction of sp³-hybridized carbons (Fsp3) is 0.286. The number of hydrogen-bond acceptors (Lipinski definition) is 5. The molecule has 1 aliphatic heterocycles. The monoisotopic (exact) mass is 384 g/mol. The quantitative estimate of drug-likeness (QED) is 0.724. The van der Waals surface area contributed by atoms with Gasteiger partial charge >= 0.3 is 0 Å². The summed E-state index contributed by atoms with van der Waals surface area (Å²) in [6.45, 7) is 2.79. The summed E-state index contributed by atoms with van der Waals surface area (Å²) in [6.07, 6.45) is -0.295. The van der Waals surface area contributed by atoms with Gasteiger partial charge < -0.3 is 19.2 Å². The zero-order valence-electron chi connectivity index (χ0n) is 14.8. The van der Waals surface area contributed by atoms with Crippen molar-refractivity contribution in [3.05, 3.63) is 82.3 Å². The van der Waals surface area contributed by atoms with Crippen LogP contribution in [0.2, 0.25) is 5.02 Å². The van der Waals surface area contributed by atoms with Crippen LogP contribution in [0, 0.1) is 0 Å². The number of anilines is 1. The van der Waals surface area contributed by atoms with Gasteiger partial charge in [-0.3, -0.25) is 0 Å². The molecule has 140 valence electrons. The molecule has 1 N–H and O–H groups in total. The molecule has 1 aromatic heterocycles. The standard InChI is InChI=1S/C21H21ClN2O3/c22-17-8-6-16(7-9-17)19(25)20-23-18(14-15-4-2-1-3-5-15)21(27-20)24-10-12-26-13-11-24/h1-9,19,25H,10-14H2/t19-/m0/s1. The molecule has 6 heteroatoms. The van der Waals surface area contributed by atoms with Crippen molar-refractivity contribution >= 4 is 17.5 Å². The zero-order chi connectivity index (χ0) is 18.6. The summed E-state index contributed by atoms with van der Waals surface area (Å²) < 4.78 is 11.5. The van der Waals surface area contributed by atoms with Gasteiger partial charge in [0.2, 0.25) is 11.8 Å². The SMILES string of the molecule is O[C@@H](c1ccc(Cl)cc1)c1nc(Cc2ccccc2)c(N2CCOCC2)o1. The highest BCUT2D eigenvalue weighted by atomic mass is 35.5. The Kier molecular flexibility index (Phi) is 5.43. The van der Waals surface area contributed by atoms with E-state index in [-0.39, 0.29) is 0 Å². The lowest BCUT2D eigenvalue weighted by molar-refractivity contribution is 0.119. The molecule has 1 aliphatic rings. The molecular weight excluding hydrogens is 364 g/mol. The van der Waals surface area contributed by atoms with Crippen LogP contribution in [0.4, 0.5) is 5.88 Å². The number of aliphatic hydroxyl groups is 1. The first kappa shape index (κ1) is 18.0. The van der Waals surface area contributed by atoms with Crippen LogP contribution in [-0.4, -0.2) is 36.4 Å². The van der Waals surface area contributed by atoms with Gasteiger partial charge in [-0.15, -0.1) is 0 Å². The van der Waals surface area contributed by atoms with Crippen molar-refractivity contribution in [2.45, 2.75) is 12.5 Å². The lowest BCUT2D eigenvalue weighted by Gasteiger charge is -2.26. The lowest BCUT2D eigenvalue weighted by Crippen LogP contribution is -2.36. The third-order valence-corrected chi connectivity index (χ3v) is 4.88. The van der Waals surface area contributed by atoms with Crippen LogP contribution in [0.3, 0.4) is 0 Å². The number of oxazole rings is 1. The van der Waals surface area contributed by atoms with Gasteiger partial charge in [-0.1, -0.05) is 54.1 Å². The van der Waals surface area contributed by atoms with Crippen molar-refractivity contribution in [1.82, 2.24) is 4.98 Å². The summed E-state index contributed by atoms with van der Waals surface area (Å²) in [6, 6.07) is 17.2. The third kappa shape index (κ3) is 4.16. The first-order chi connectivity index (χ1) is 13.2. The van der Waals surface area contributed by atoms with Crippen molar-refractivity contribution in [2.24, 2.45) is 0 Å². The minimum Gasteiger partial charge on any atom is -0.422 e. The van der Waals surface area contributed by atoms with E-state index in [1.165, 1.54) is 0 Å². The third-order valence-electron chi connectivity index (χ3n) is 4.63. The normalized spacial score (nSPS) is 15.7. The minimum absolute atomic E-state index is 0.296. The Hall–Kier alpha value is -2.34. The summed E-state index contributed by atoms with van der Waals surface area (Å²) in [5.41, 5.74) is 2.67. The topological polar surface area (TPSA) is 58.7 Å². The Morgan fingerprint density at radius 3 is 2.44 bits per heavy atom. The fourth-order valence-corrected chi connectivity index (χ4v) is 3.31. The van der Waals surface area contributed by atoms with Crippen LogP contribution in [0.15, 0.2) is 59.0 Å². The van der Waals surface area contributed by atoms with E-state index in [0.717, 1.165) is 24.3 Å². The van der Waals surface area contributed by atoms with E-state index in [9.17, 15) is 5.11 Å². The molecule has 5 nitrogen and oxygen atoms in total. The van der Waals surface area contributed by atoms with Gasteiger partial charge in [0.1, 0.15) is 5.69 Å². The van der Waals surface area contributed by atoms with Gasteiger partial charge in [-0.2, -0.15) is 0 Å². The van der Waals surface area contributed by atoms with Crippen LogP contribution in [0.5, 0.6) is 0 Å². The van der Waals surface area contributed by atoms with Crippen molar-refractivity contribution < 1.29 is 14.3 Å². The number of aliphatic hydroxyl groups excluding tert-OH is 1. The van der Waals surface area contributed by atoms with Crippen LogP contribution >= 0.6 is 11.6 Å². The van der Waals surface area contributed by atoms with E-state index in [0.29, 0.717) is 42.0 Å². The number of benzene rings is 2. The van der Waals surface area contributed by atoms with E-state index in [1.54, 1.807) is 24.3 Å². The van der Waals surface area contributed by atoms with Crippen molar-refractivity contribution in [1.29, 1.82) is 0 Å². The molecule has 3 aromatic rings. The average Bonchev–Trinajstić information content (AvgIpc) is 3.13. The summed E-state index contributed by atoms with van der Waals surface area (Å²) in [5, 5.41) is 11.4. The number of morpholine rings is 1. The van der Waals surface area contributed by atoms with Crippen molar-refractivity contribution in [2.75, 3.05) is 31.2 Å². The Balaban J connectivity index is 1.66. The second kappa shape index (κ2) is 8.13. The molecule has 27 heavy (non-hydrogen) atoms. The summed E-state index contributed by atoms with van der Waals surface area (Å²) in [4.78, 5) is 6.78. The number of hydrogen-bond donors (Lipinski definition) is 1. The van der Waals surface area contributed by atoms with E-state index in [2.05, 4.69) is 22.0 Å². The number of nitrogens with zero attached hydrogens (tertiary/aromatic N) is 2. The lowest BCUT2D eigenvalue weighted by atomic mass is 10.1. The maximum Gasteiger partial charge on any atom is 0.230 e. The Morgan fingerprint density at radius 2 is 1.74 bits per heavy atom. The van der Waals surface area contributed by atoms with Crippen LogP contribution in [-0.2, 0) is 11.2 Å². The van der Waals surface area contributed by atoms with E-state index < -0.39 is 6.10 Å². The highest BCUT2D eigenvalue weighted by molar-refractivity contribution is 6.30. The molecule has 0 radical (unpaired) electrons. The molecule has 2 heterocycles. The molecular formula is C21H21ClN2O3. The maximum atomic E-state index is 10.7. The van der Waals surface area contributed by atoms with Crippen molar-refractivity contribution in [3.8, 4) is 0 Å². The first-order valence-electron chi connectivity index (χ1n) is 9.00. The second-order valence-electron chi connectivity index (χ2n) is 6.52. The van der Waals surface area contributed by atoms with Crippen LogP contribution < -0.4 is 4.90 Å². The fourth-order valence-electron chi connectivity index (χ4n) is 3.18. The van der Waals surface area contributed by atoms with Gasteiger partial charge in [0.25, 0.3) is 0 Å².